The van der Waals surface area contributed by atoms with Gasteiger partial charge in [0.2, 0.25) is 0 Å². The number of phenols is 2. The summed E-state index contributed by atoms with van der Waals surface area (Å²) in [6, 6.07) is 11.9. The van der Waals surface area contributed by atoms with Crippen molar-refractivity contribution in [2.45, 2.75) is 4.75 Å². The van der Waals surface area contributed by atoms with Crippen LogP contribution in [0.5, 0.6) is 11.5 Å². The molecular formula is C19H12Cl4O5S. The molecule has 5 nitrogen and oxygen atoms in total. The number of hydrogen-bond acceptors (Lipinski definition) is 4. The number of phenolic OH excluding ortho intramolecular Hbond substituents is 2. The van der Waals surface area contributed by atoms with E-state index < -0.39 is 26.4 Å². The Hall–Kier alpha value is -1.67. The molecule has 0 fully saturated rings. The Bertz CT molecular complexity index is 1190. The van der Waals surface area contributed by atoms with E-state index >= 15 is 0 Å². The predicted molar refractivity (Wildman–Crippen MR) is 114 cm³/mol. The first-order valence-corrected chi connectivity index (χ1v) is 10.8. The fourth-order valence-corrected chi connectivity index (χ4v) is 5.21. The molecule has 10 heteroatoms. The number of benzene rings is 3. The van der Waals surface area contributed by atoms with Crippen LogP contribution in [0.15, 0.2) is 54.6 Å². The molecule has 1 unspecified atom stereocenters. The summed E-state index contributed by atoms with van der Waals surface area (Å²) in [5, 5.41) is 20.0. The molecule has 0 aliphatic rings. The zero-order valence-electron chi connectivity index (χ0n) is 14.3. The Morgan fingerprint density at radius 3 is 1.83 bits per heavy atom. The molecule has 0 heterocycles. The van der Waals surface area contributed by atoms with Gasteiger partial charge in [0.25, 0.3) is 10.1 Å². The fraction of sp³-hybridized carbons (Fsp3) is 0.0526. The highest BCUT2D eigenvalue weighted by Gasteiger charge is 2.50. The van der Waals surface area contributed by atoms with E-state index in [2.05, 4.69) is 0 Å². The molecule has 152 valence electrons. The van der Waals surface area contributed by atoms with Crippen LogP contribution < -0.4 is 0 Å². The first-order chi connectivity index (χ1) is 13.5. The van der Waals surface area contributed by atoms with Crippen molar-refractivity contribution in [3.8, 4) is 11.5 Å². The summed E-state index contributed by atoms with van der Waals surface area (Å²) in [5.41, 5.74) is -0.279. The van der Waals surface area contributed by atoms with Gasteiger partial charge in [0.05, 0.1) is 10.0 Å². The molecule has 0 amide bonds. The van der Waals surface area contributed by atoms with Crippen LogP contribution in [0.3, 0.4) is 0 Å². The fourth-order valence-electron chi connectivity index (χ4n) is 3.17. The predicted octanol–water partition coefficient (Wildman–Crippen LogP) is 5.89. The summed E-state index contributed by atoms with van der Waals surface area (Å²) in [7, 11) is -5.04. The van der Waals surface area contributed by atoms with Crippen LogP contribution in [0.2, 0.25) is 20.1 Å². The van der Waals surface area contributed by atoms with Gasteiger partial charge in [-0.1, -0.05) is 70.7 Å². The van der Waals surface area contributed by atoms with Gasteiger partial charge in [-0.2, -0.15) is 8.42 Å². The second kappa shape index (κ2) is 7.87. The zero-order valence-corrected chi connectivity index (χ0v) is 18.1. The third kappa shape index (κ3) is 3.65. The Morgan fingerprint density at radius 1 is 0.724 bits per heavy atom. The van der Waals surface area contributed by atoms with E-state index in [1.165, 1.54) is 36.4 Å². The number of hydrogen-bond donors (Lipinski definition) is 3. The maximum absolute atomic E-state index is 12.9. The van der Waals surface area contributed by atoms with Crippen molar-refractivity contribution >= 4 is 56.5 Å². The molecule has 0 aliphatic heterocycles. The number of rotatable bonds is 4. The monoisotopic (exact) mass is 492 g/mol. The van der Waals surface area contributed by atoms with E-state index in [9.17, 15) is 23.2 Å². The summed E-state index contributed by atoms with van der Waals surface area (Å²) in [6.07, 6.45) is 0. The van der Waals surface area contributed by atoms with E-state index in [1.807, 2.05) is 0 Å². The van der Waals surface area contributed by atoms with Crippen LogP contribution in [0.25, 0.3) is 0 Å². The summed E-state index contributed by atoms with van der Waals surface area (Å²) >= 11 is 24.2. The van der Waals surface area contributed by atoms with Crippen LogP contribution in [0, 0.1) is 0 Å². The van der Waals surface area contributed by atoms with E-state index in [0.29, 0.717) is 0 Å². The molecule has 1 atom stereocenters. The lowest BCUT2D eigenvalue weighted by Crippen LogP contribution is -2.38. The molecule has 0 spiro atoms. The maximum atomic E-state index is 12.9. The Morgan fingerprint density at radius 2 is 1.31 bits per heavy atom. The Balaban J connectivity index is 2.58. The van der Waals surface area contributed by atoms with Crippen molar-refractivity contribution in [3.05, 3.63) is 91.4 Å². The minimum atomic E-state index is -5.04. The third-order valence-corrected chi connectivity index (χ3v) is 7.33. The van der Waals surface area contributed by atoms with E-state index in [4.69, 9.17) is 46.4 Å². The minimum absolute atomic E-state index is 0.00475. The second-order valence-electron chi connectivity index (χ2n) is 6.09. The second-order valence-corrected chi connectivity index (χ2v) is 9.26. The molecule has 3 aromatic rings. The summed E-state index contributed by atoms with van der Waals surface area (Å²) in [6.45, 7) is 0. The van der Waals surface area contributed by atoms with Gasteiger partial charge in [-0.3, -0.25) is 4.55 Å². The summed E-state index contributed by atoms with van der Waals surface area (Å²) in [4.78, 5) is 0. The zero-order chi connectivity index (χ0) is 21.6. The van der Waals surface area contributed by atoms with Gasteiger partial charge in [0.1, 0.15) is 16.5 Å². The molecule has 0 saturated heterocycles. The number of halogens is 4. The smallest absolute Gasteiger partial charge is 0.283 e. The van der Waals surface area contributed by atoms with E-state index in [-0.39, 0.29) is 36.8 Å². The standard InChI is InChI=1S/C19H12Cl4O5S/c20-13-4-2-1-3-12(13)19(29(26,27)28,10-5-6-14(21)15(22)7-10)11-8-16(24)18(23)17(25)9-11/h1-9,24-25H,(H,26,27,28). The topological polar surface area (TPSA) is 94.8 Å². The molecule has 29 heavy (non-hydrogen) atoms. The molecule has 0 aromatic heterocycles. The maximum Gasteiger partial charge on any atom is 0.283 e. The Kier molecular flexibility index (Phi) is 5.98. The van der Waals surface area contributed by atoms with Gasteiger partial charge in [0, 0.05) is 10.6 Å². The van der Waals surface area contributed by atoms with Gasteiger partial charge in [0.15, 0.2) is 4.75 Å². The molecule has 0 saturated carbocycles. The first-order valence-electron chi connectivity index (χ1n) is 7.89. The molecule has 3 aromatic carbocycles. The van der Waals surface area contributed by atoms with Gasteiger partial charge in [-0.15, -0.1) is 0 Å². The van der Waals surface area contributed by atoms with Crippen LogP contribution in [-0.2, 0) is 14.9 Å². The lowest BCUT2D eigenvalue weighted by molar-refractivity contribution is 0.444. The quantitative estimate of drug-likeness (QED) is 0.311. The van der Waals surface area contributed by atoms with Gasteiger partial charge >= 0.3 is 0 Å². The van der Waals surface area contributed by atoms with Gasteiger partial charge in [-0.25, -0.2) is 0 Å². The lowest BCUT2D eigenvalue weighted by Gasteiger charge is -2.33. The van der Waals surface area contributed by atoms with Crippen molar-refractivity contribution < 1.29 is 23.2 Å². The van der Waals surface area contributed by atoms with Crippen molar-refractivity contribution in [3.63, 3.8) is 0 Å². The normalized spacial score (nSPS) is 13.8. The van der Waals surface area contributed by atoms with Crippen LogP contribution in [-0.4, -0.2) is 23.2 Å². The molecule has 0 bridgehead atoms. The van der Waals surface area contributed by atoms with Crippen molar-refractivity contribution in [1.29, 1.82) is 0 Å². The van der Waals surface area contributed by atoms with Crippen molar-refractivity contribution in [1.82, 2.24) is 0 Å². The molecule has 0 aliphatic carbocycles. The van der Waals surface area contributed by atoms with Crippen LogP contribution >= 0.6 is 46.4 Å². The average molecular weight is 494 g/mol. The third-order valence-electron chi connectivity index (χ3n) is 4.41. The van der Waals surface area contributed by atoms with Crippen molar-refractivity contribution in [2.75, 3.05) is 0 Å². The minimum Gasteiger partial charge on any atom is -0.506 e. The molecule has 0 radical (unpaired) electrons. The summed E-state index contributed by atoms with van der Waals surface area (Å²) in [5.74, 6) is -1.19. The van der Waals surface area contributed by atoms with Gasteiger partial charge < -0.3 is 10.2 Å². The lowest BCUT2D eigenvalue weighted by atomic mass is 9.83. The van der Waals surface area contributed by atoms with Gasteiger partial charge in [-0.05, 0) is 41.5 Å². The molecule has 3 rings (SSSR count). The SMILES string of the molecule is O=S(=O)(O)C(c1cc(O)c(Cl)c(O)c1)(c1ccc(Cl)c(Cl)c1)c1ccccc1Cl. The highest BCUT2D eigenvalue weighted by atomic mass is 35.5. The molecular weight excluding hydrogens is 482 g/mol. The Labute approximate surface area is 186 Å². The molecule has 3 N–H and O–H groups in total. The van der Waals surface area contributed by atoms with E-state index in [1.54, 1.807) is 6.07 Å². The van der Waals surface area contributed by atoms with Crippen LogP contribution in [0.1, 0.15) is 16.7 Å². The first kappa shape index (κ1) is 22.0. The van der Waals surface area contributed by atoms with E-state index in [0.717, 1.165) is 12.1 Å². The highest BCUT2D eigenvalue weighted by Crippen LogP contribution is 2.50. The number of aromatic hydroxyl groups is 2. The highest BCUT2D eigenvalue weighted by molar-refractivity contribution is 7.87. The van der Waals surface area contributed by atoms with Crippen LogP contribution in [0.4, 0.5) is 0 Å². The average Bonchev–Trinajstić information content (AvgIpc) is 2.63. The van der Waals surface area contributed by atoms with Crippen molar-refractivity contribution in [2.24, 2.45) is 0 Å². The summed E-state index contributed by atoms with van der Waals surface area (Å²) < 4.78 is 34.0. The largest absolute Gasteiger partial charge is 0.506 e.